The first-order chi connectivity index (χ1) is 8.38. The molecule has 7 heteroatoms. The van der Waals surface area contributed by atoms with Crippen molar-refractivity contribution >= 4 is 18.4 Å². The van der Waals surface area contributed by atoms with Crippen LogP contribution in [0.15, 0.2) is 0 Å². The fourth-order valence-electron chi connectivity index (χ4n) is 1.85. The Morgan fingerprint density at radius 2 is 1.74 bits per heavy atom. The number of carbonyl (C=O) groups is 1. The van der Waals surface area contributed by atoms with E-state index in [4.69, 9.17) is 9.90 Å². The second-order valence-electron chi connectivity index (χ2n) is 4.49. The minimum absolute atomic E-state index is 0. The van der Waals surface area contributed by atoms with Crippen LogP contribution in [0.5, 0.6) is 0 Å². The molecule has 1 aliphatic rings. The highest BCUT2D eigenvalue weighted by Gasteiger charge is 2.38. The van der Waals surface area contributed by atoms with Gasteiger partial charge in [0.2, 0.25) is 0 Å². The van der Waals surface area contributed by atoms with E-state index < -0.39 is 12.1 Å². The molecule has 0 aromatic rings. The van der Waals surface area contributed by atoms with E-state index in [1.165, 1.54) is 51.6 Å². The minimum atomic E-state index is -5.08. The van der Waals surface area contributed by atoms with Crippen molar-refractivity contribution in [2.45, 2.75) is 51.6 Å². The number of unbranched alkanes of at least 4 members (excludes halogenated alkanes) is 2. The highest BCUT2D eigenvalue weighted by molar-refractivity contribution is 5.85. The normalized spacial score (nSPS) is 16.0. The topological polar surface area (TPSA) is 49.3 Å². The van der Waals surface area contributed by atoms with Gasteiger partial charge in [-0.3, -0.25) is 0 Å². The Kier molecular flexibility index (Phi) is 12.4. The van der Waals surface area contributed by atoms with Crippen molar-refractivity contribution < 1.29 is 23.1 Å². The van der Waals surface area contributed by atoms with Gasteiger partial charge in [0.25, 0.3) is 0 Å². The molecule has 1 saturated heterocycles. The number of hydrogen-bond acceptors (Lipinski definition) is 2. The van der Waals surface area contributed by atoms with E-state index in [1.54, 1.807) is 0 Å². The summed E-state index contributed by atoms with van der Waals surface area (Å²) in [6, 6.07) is 0. The van der Waals surface area contributed by atoms with Crippen LogP contribution in [0.2, 0.25) is 0 Å². The van der Waals surface area contributed by atoms with E-state index in [0.717, 1.165) is 5.92 Å². The number of piperidine rings is 1. The number of carboxylic acids is 1. The lowest BCUT2D eigenvalue weighted by Crippen LogP contribution is -2.27. The lowest BCUT2D eigenvalue weighted by atomic mass is 9.92. The first-order valence-corrected chi connectivity index (χ1v) is 6.38. The molecule has 1 heterocycles. The quantitative estimate of drug-likeness (QED) is 0.780. The smallest absolute Gasteiger partial charge is 0.475 e. The zero-order valence-corrected chi connectivity index (χ0v) is 11.9. The molecule has 19 heavy (non-hydrogen) atoms. The molecule has 1 fully saturated rings. The standard InChI is InChI=1S/C10H21N.C2HF3O2.ClH/c1-2-3-4-5-10-6-8-11-9-7-10;3-2(4,5)1(6)7;/h10-11H,2-9H2,1H3;(H,6,7);1H. The molecule has 2 N–H and O–H groups in total. The Hall–Kier alpha value is -0.490. The zero-order valence-electron chi connectivity index (χ0n) is 11.1. The highest BCUT2D eigenvalue weighted by Crippen LogP contribution is 2.18. The van der Waals surface area contributed by atoms with Gasteiger partial charge in [0.05, 0.1) is 0 Å². The van der Waals surface area contributed by atoms with Gasteiger partial charge in [-0.1, -0.05) is 32.6 Å². The zero-order chi connectivity index (χ0) is 14.0. The van der Waals surface area contributed by atoms with Crippen molar-refractivity contribution in [3.05, 3.63) is 0 Å². The van der Waals surface area contributed by atoms with Crippen molar-refractivity contribution in [3.8, 4) is 0 Å². The predicted octanol–water partition coefficient (Wildman–Crippen LogP) is 3.62. The van der Waals surface area contributed by atoms with Crippen LogP contribution < -0.4 is 5.32 Å². The number of nitrogens with one attached hydrogen (secondary N) is 1. The average Bonchev–Trinajstić information content (AvgIpc) is 2.30. The second-order valence-corrected chi connectivity index (χ2v) is 4.49. The van der Waals surface area contributed by atoms with Crippen molar-refractivity contribution in [1.29, 1.82) is 0 Å². The summed E-state index contributed by atoms with van der Waals surface area (Å²) in [5, 5.41) is 10.5. The summed E-state index contributed by atoms with van der Waals surface area (Å²) < 4.78 is 31.7. The van der Waals surface area contributed by atoms with Crippen LogP contribution in [0.4, 0.5) is 13.2 Å². The van der Waals surface area contributed by atoms with Gasteiger partial charge in [-0.25, -0.2) is 4.79 Å². The van der Waals surface area contributed by atoms with Crippen molar-refractivity contribution in [2.24, 2.45) is 5.92 Å². The van der Waals surface area contributed by atoms with Gasteiger partial charge in [0.1, 0.15) is 0 Å². The predicted molar refractivity (Wildman–Crippen MR) is 70.7 cm³/mol. The third-order valence-corrected chi connectivity index (χ3v) is 2.92. The maximum atomic E-state index is 10.6. The Bertz CT molecular complexity index is 232. The summed E-state index contributed by atoms with van der Waals surface area (Å²) >= 11 is 0. The van der Waals surface area contributed by atoms with E-state index >= 15 is 0 Å². The van der Waals surface area contributed by atoms with Gasteiger partial charge < -0.3 is 10.4 Å². The first-order valence-electron chi connectivity index (χ1n) is 6.38. The number of carboxylic acid groups (broad SMARTS) is 1. The summed E-state index contributed by atoms with van der Waals surface area (Å²) in [5.41, 5.74) is 0. The molecular formula is C12H23ClF3NO2. The molecule has 0 aromatic carbocycles. The van der Waals surface area contributed by atoms with E-state index in [-0.39, 0.29) is 12.4 Å². The maximum absolute atomic E-state index is 10.6. The molecule has 0 amide bonds. The van der Waals surface area contributed by atoms with Crippen LogP contribution in [0, 0.1) is 5.92 Å². The SMILES string of the molecule is CCCCCC1CCNCC1.Cl.O=C(O)C(F)(F)F. The molecule has 0 aliphatic carbocycles. The van der Waals surface area contributed by atoms with E-state index in [2.05, 4.69) is 12.2 Å². The molecule has 0 saturated carbocycles. The fourth-order valence-corrected chi connectivity index (χ4v) is 1.85. The summed E-state index contributed by atoms with van der Waals surface area (Å²) in [4.78, 5) is 8.90. The van der Waals surface area contributed by atoms with Crippen molar-refractivity contribution in [1.82, 2.24) is 5.32 Å². The number of hydrogen-bond donors (Lipinski definition) is 2. The molecular weight excluding hydrogens is 283 g/mol. The Balaban J connectivity index is 0. The number of alkyl halides is 3. The second kappa shape index (κ2) is 11.3. The Labute approximate surface area is 118 Å². The highest BCUT2D eigenvalue weighted by atomic mass is 35.5. The molecule has 1 rings (SSSR count). The Morgan fingerprint density at radius 3 is 2.11 bits per heavy atom. The Morgan fingerprint density at radius 1 is 1.26 bits per heavy atom. The van der Waals surface area contributed by atoms with Crippen LogP contribution in [0.3, 0.4) is 0 Å². The average molecular weight is 306 g/mol. The van der Waals surface area contributed by atoms with Crippen LogP contribution in [-0.4, -0.2) is 30.3 Å². The molecule has 0 aromatic heterocycles. The number of aliphatic carboxylic acids is 1. The van der Waals surface area contributed by atoms with Crippen molar-refractivity contribution in [3.63, 3.8) is 0 Å². The summed E-state index contributed by atoms with van der Waals surface area (Å²) in [6.07, 6.45) is 3.50. The van der Waals surface area contributed by atoms with Crippen LogP contribution in [0.1, 0.15) is 45.4 Å². The molecule has 0 atom stereocenters. The summed E-state index contributed by atoms with van der Waals surface area (Å²) in [5.74, 6) is -1.71. The van der Waals surface area contributed by atoms with Gasteiger partial charge in [0, 0.05) is 0 Å². The maximum Gasteiger partial charge on any atom is 0.490 e. The molecule has 116 valence electrons. The summed E-state index contributed by atoms with van der Waals surface area (Å²) in [6.45, 7) is 4.80. The van der Waals surface area contributed by atoms with Gasteiger partial charge in [-0.2, -0.15) is 13.2 Å². The molecule has 1 aliphatic heterocycles. The number of rotatable bonds is 4. The fraction of sp³-hybridized carbons (Fsp3) is 0.917. The van der Waals surface area contributed by atoms with Gasteiger partial charge >= 0.3 is 12.1 Å². The molecule has 0 bridgehead atoms. The molecule has 0 unspecified atom stereocenters. The van der Waals surface area contributed by atoms with E-state index in [9.17, 15) is 13.2 Å². The lowest BCUT2D eigenvalue weighted by molar-refractivity contribution is -0.192. The molecule has 3 nitrogen and oxygen atoms in total. The van der Waals surface area contributed by atoms with Crippen molar-refractivity contribution in [2.75, 3.05) is 13.1 Å². The summed E-state index contributed by atoms with van der Waals surface area (Å²) in [7, 11) is 0. The van der Waals surface area contributed by atoms with Crippen LogP contribution in [0.25, 0.3) is 0 Å². The van der Waals surface area contributed by atoms with Gasteiger partial charge in [0.15, 0.2) is 0 Å². The van der Waals surface area contributed by atoms with E-state index in [0.29, 0.717) is 0 Å². The molecule has 0 radical (unpaired) electrons. The largest absolute Gasteiger partial charge is 0.490 e. The van der Waals surface area contributed by atoms with Crippen LogP contribution in [-0.2, 0) is 4.79 Å². The monoisotopic (exact) mass is 305 g/mol. The lowest BCUT2D eigenvalue weighted by Gasteiger charge is -2.22. The minimum Gasteiger partial charge on any atom is -0.475 e. The van der Waals surface area contributed by atoms with Gasteiger partial charge in [-0.05, 0) is 31.8 Å². The van der Waals surface area contributed by atoms with Gasteiger partial charge in [-0.15, -0.1) is 12.4 Å². The first kappa shape index (κ1) is 20.8. The number of halogens is 4. The third-order valence-electron chi connectivity index (χ3n) is 2.92. The molecule has 0 spiro atoms. The third kappa shape index (κ3) is 12.3. The van der Waals surface area contributed by atoms with Crippen LogP contribution >= 0.6 is 12.4 Å². The van der Waals surface area contributed by atoms with E-state index in [1.807, 2.05) is 0 Å².